The molecule has 0 spiro atoms. The number of carbonyl (C=O) groups excluding carboxylic acids is 1. The molecular formula is C17H8F7N3O2. The van der Waals surface area contributed by atoms with E-state index in [0.717, 1.165) is 12.1 Å². The number of carbonyl (C=O) groups is 1. The zero-order valence-electron chi connectivity index (χ0n) is 14.0. The maximum absolute atomic E-state index is 13.6. The van der Waals surface area contributed by atoms with Crippen LogP contribution in [0.15, 0.2) is 30.6 Å². The van der Waals surface area contributed by atoms with Gasteiger partial charge >= 0.3 is 5.97 Å². The van der Waals surface area contributed by atoms with Gasteiger partial charge in [-0.15, -0.1) is 0 Å². The number of ether oxygens (including phenoxy) is 1. The summed E-state index contributed by atoms with van der Waals surface area (Å²) in [6.45, 7) is -0.118. The molecule has 3 rings (SSSR count). The molecule has 2 aromatic heterocycles. The van der Waals surface area contributed by atoms with E-state index < -0.39 is 58.6 Å². The highest BCUT2D eigenvalue weighted by Crippen LogP contribution is 2.30. The first kappa shape index (κ1) is 20.3. The molecule has 0 radical (unpaired) electrons. The highest BCUT2D eigenvalue weighted by molar-refractivity contribution is 5.89. The van der Waals surface area contributed by atoms with Crippen LogP contribution in [0.1, 0.15) is 28.2 Å². The van der Waals surface area contributed by atoms with E-state index in [2.05, 4.69) is 14.8 Å². The van der Waals surface area contributed by atoms with E-state index in [4.69, 9.17) is 0 Å². The van der Waals surface area contributed by atoms with Crippen molar-refractivity contribution in [2.24, 2.45) is 0 Å². The lowest BCUT2D eigenvalue weighted by Crippen LogP contribution is -2.17. The van der Waals surface area contributed by atoms with Crippen molar-refractivity contribution < 1.29 is 40.3 Å². The van der Waals surface area contributed by atoms with Crippen LogP contribution < -0.4 is 4.74 Å². The number of aromatic nitrogens is 3. The Kier molecular flexibility index (Phi) is 5.52. The summed E-state index contributed by atoms with van der Waals surface area (Å²) in [5, 5.41) is 3.84. The van der Waals surface area contributed by atoms with E-state index in [1.807, 2.05) is 0 Å². The van der Waals surface area contributed by atoms with E-state index in [1.54, 1.807) is 6.07 Å². The molecule has 0 saturated heterocycles. The predicted octanol–water partition coefficient (Wildman–Crippen LogP) is 4.18. The minimum Gasteiger partial charge on any atom is -0.415 e. The summed E-state index contributed by atoms with van der Waals surface area (Å²) in [5.74, 6) is -15.4. The lowest BCUT2D eigenvalue weighted by atomic mass is 10.1. The third kappa shape index (κ3) is 3.91. The molecule has 2 heterocycles. The van der Waals surface area contributed by atoms with E-state index in [0.29, 0.717) is 0 Å². The topological polar surface area (TPSA) is 57.0 Å². The van der Waals surface area contributed by atoms with Gasteiger partial charge in [0.05, 0.1) is 6.54 Å². The monoisotopic (exact) mass is 419 g/mol. The van der Waals surface area contributed by atoms with Crippen molar-refractivity contribution in [1.29, 1.82) is 0 Å². The number of hydrogen-bond donors (Lipinski definition) is 0. The second kappa shape index (κ2) is 7.89. The van der Waals surface area contributed by atoms with Crippen LogP contribution >= 0.6 is 0 Å². The van der Waals surface area contributed by atoms with Gasteiger partial charge in [0.25, 0.3) is 6.43 Å². The molecule has 0 aliphatic carbocycles. The van der Waals surface area contributed by atoms with Crippen molar-refractivity contribution in [1.82, 2.24) is 14.8 Å². The van der Waals surface area contributed by atoms with Gasteiger partial charge in [0.2, 0.25) is 34.8 Å². The van der Waals surface area contributed by atoms with Crippen LogP contribution in [-0.4, -0.2) is 20.7 Å². The summed E-state index contributed by atoms with van der Waals surface area (Å²) in [6.07, 6.45) is -0.242. The third-order valence-corrected chi connectivity index (χ3v) is 3.68. The van der Waals surface area contributed by atoms with Crippen LogP contribution in [0, 0.1) is 29.1 Å². The maximum Gasteiger partial charge on any atom is 0.362 e. The predicted molar refractivity (Wildman–Crippen MR) is 81.7 cm³/mol. The van der Waals surface area contributed by atoms with E-state index in [1.165, 1.54) is 17.1 Å². The fraction of sp³-hybridized carbons (Fsp3) is 0.118. The van der Waals surface area contributed by atoms with E-state index in [-0.39, 0.29) is 12.1 Å². The van der Waals surface area contributed by atoms with Crippen molar-refractivity contribution in [3.05, 3.63) is 76.6 Å². The number of hydrogen-bond acceptors (Lipinski definition) is 4. The molecule has 12 heteroatoms. The average Bonchev–Trinajstić information content (AvgIpc) is 3.21. The SMILES string of the molecule is O=C(Oc1c(F)c(F)c(F)c(F)c1F)c1ccc(Cn2cccn2)c(C(F)F)n1. The van der Waals surface area contributed by atoms with Crippen LogP contribution in [-0.2, 0) is 6.54 Å². The average molecular weight is 419 g/mol. The third-order valence-electron chi connectivity index (χ3n) is 3.68. The second-order valence-electron chi connectivity index (χ2n) is 5.53. The molecule has 0 saturated carbocycles. The first-order valence-corrected chi connectivity index (χ1v) is 7.69. The normalized spacial score (nSPS) is 11.2. The quantitative estimate of drug-likeness (QED) is 0.205. The number of pyridine rings is 1. The Morgan fingerprint density at radius 3 is 2.17 bits per heavy atom. The Labute approximate surface area is 157 Å². The molecule has 0 atom stereocenters. The Morgan fingerprint density at radius 2 is 1.62 bits per heavy atom. The molecule has 152 valence electrons. The van der Waals surface area contributed by atoms with Crippen LogP contribution in [0.4, 0.5) is 30.7 Å². The second-order valence-corrected chi connectivity index (χ2v) is 5.53. The lowest BCUT2D eigenvalue weighted by molar-refractivity contribution is 0.0708. The summed E-state index contributed by atoms with van der Waals surface area (Å²) in [5.41, 5.74) is -1.68. The number of esters is 1. The van der Waals surface area contributed by atoms with Gasteiger partial charge in [0, 0.05) is 18.0 Å². The van der Waals surface area contributed by atoms with Gasteiger partial charge in [-0.1, -0.05) is 6.07 Å². The summed E-state index contributed by atoms with van der Waals surface area (Å²) >= 11 is 0. The van der Waals surface area contributed by atoms with Crippen molar-refractivity contribution in [2.45, 2.75) is 13.0 Å². The lowest BCUT2D eigenvalue weighted by Gasteiger charge is -2.11. The molecule has 0 unspecified atom stereocenters. The van der Waals surface area contributed by atoms with Crippen LogP contribution in [0.2, 0.25) is 0 Å². The van der Waals surface area contributed by atoms with Crippen molar-refractivity contribution >= 4 is 5.97 Å². The minimum atomic E-state index is -3.14. The first-order chi connectivity index (χ1) is 13.7. The van der Waals surface area contributed by atoms with Gasteiger partial charge < -0.3 is 4.74 Å². The molecule has 5 nitrogen and oxygen atoms in total. The first-order valence-electron chi connectivity index (χ1n) is 7.69. The Hall–Kier alpha value is -3.44. The number of alkyl halides is 2. The van der Waals surface area contributed by atoms with Gasteiger partial charge in [-0.3, -0.25) is 4.68 Å². The zero-order valence-corrected chi connectivity index (χ0v) is 14.0. The highest BCUT2D eigenvalue weighted by atomic mass is 19.3. The van der Waals surface area contributed by atoms with Crippen molar-refractivity contribution in [3.8, 4) is 5.75 Å². The van der Waals surface area contributed by atoms with E-state index in [9.17, 15) is 35.5 Å². The Morgan fingerprint density at radius 1 is 1.00 bits per heavy atom. The molecular weight excluding hydrogens is 411 g/mol. The standard InChI is InChI=1S/C17H8F7N3O2/c18-9-10(19)12(21)15(13(22)11(9)20)29-17(28)8-3-2-7(14(26-8)16(23)24)6-27-5-1-4-25-27/h1-5,16H,6H2. The van der Waals surface area contributed by atoms with Crippen LogP contribution in [0.3, 0.4) is 0 Å². The van der Waals surface area contributed by atoms with E-state index >= 15 is 0 Å². The Bertz CT molecular complexity index is 1040. The molecule has 3 aromatic rings. The maximum atomic E-state index is 13.6. The fourth-order valence-electron chi connectivity index (χ4n) is 2.33. The van der Waals surface area contributed by atoms with Gasteiger partial charge in [0.1, 0.15) is 11.4 Å². The summed E-state index contributed by atoms with van der Waals surface area (Å²) < 4.78 is 98.7. The summed E-state index contributed by atoms with van der Waals surface area (Å²) in [7, 11) is 0. The largest absolute Gasteiger partial charge is 0.415 e. The van der Waals surface area contributed by atoms with Crippen LogP contribution in [0.25, 0.3) is 0 Å². The summed E-state index contributed by atoms with van der Waals surface area (Å²) in [6, 6.07) is 3.52. The molecule has 0 amide bonds. The fourth-order valence-corrected chi connectivity index (χ4v) is 2.33. The van der Waals surface area contributed by atoms with Gasteiger partial charge in [-0.2, -0.15) is 13.9 Å². The number of rotatable bonds is 5. The van der Waals surface area contributed by atoms with Crippen molar-refractivity contribution in [3.63, 3.8) is 0 Å². The molecule has 1 aromatic carbocycles. The minimum absolute atomic E-state index is 0.0171. The molecule has 0 aliphatic rings. The molecule has 0 bridgehead atoms. The Balaban J connectivity index is 1.93. The number of halogens is 7. The smallest absolute Gasteiger partial charge is 0.362 e. The van der Waals surface area contributed by atoms with Gasteiger partial charge in [-0.05, 0) is 12.1 Å². The van der Waals surface area contributed by atoms with Gasteiger partial charge in [0.15, 0.2) is 0 Å². The van der Waals surface area contributed by atoms with Crippen molar-refractivity contribution in [2.75, 3.05) is 0 Å². The molecule has 29 heavy (non-hydrogen) atoms. The molecule has 0 fully saturated rings. The van der Waals surface area contributed by atoms with Crippen LogP contribution in [0.5, 0.6) is 5.75 Å². The number of nitrogens with zero attached hydrogens (tertiary/aromatic N) is 3. The highest BCUT2D eigenvalue weighted by Gasteiger charge is 2.29. The zero-order chi connectivity index (χ0) is 21.3. The van der Waals surface area contributed by atoms with Gasteiger partial charge in [-0.25, -0.2) is 31.7 Å². The number of benzene rings is 1. The summed E-state index contributed by atoms with van der Waals surface area (Å²) in [4.78, 5) is 15.4. The molecule has 0 N–H and O–H groups in total. The molecule has 0 aliphatic heterocycles.